The zero-order valence-corrected chi connectivity index (χ0v) is 9.97. The van der Waals surface area contributed by atoms with E-state index >= 15 is 0 Å². The minimum absolute atomic E-state index is 0.0859. The van der Waals surface area contributed by atoms with E-state index in [0.717, 1.165) is 5.56 Å². The molecular weight excluding hydrogens is 261 g/mol. The number of alkyl halides is 1. The van der Waals surface area contributed by atoms with Gasteiger partial charge in [0.2, 0.25) is 11.8 Å². The van der Waals surface area contributed by atoms with Crippen LogP contribution in [0.25, 0.3) is 0 Å². The van der Waals surface area contributed by atoms with Crippen LogP contribution in [0.3, 0.4) is 0 Å². The third-order valence-corrected chi connectivity index (χ3v) is 2.33. The number of hydrogen-bond acceptors (Lipinski definition) is 4. The highest BCUT2D eigenvalue weighted by molar-refractivity contribution is 6.26. The van der Waals surface area contributed by atoms with E-state index in [4.69, 9.17) is 16.1 Å². The number of rotatable bonds is 4. The summed E-state index contributed by atoms with van der Waals surface area (Å²) in [6, 6.07) is 5.99. The van der Waals surface area contributed by atoms with Crippen LogP contribution in [-0.2, 0) is 6.54 Å². The molecule has 0 saturated carbocycles. The van der Waals surface area contributed by atoms with Crippen LogP contribution in [-0.4, -0.2) is 17.0 Å². The highest BCUT2D eigenvalue weighted by atomic mass is 35.5. The molecule has 1 heterocycles. The van der Waals surface area contributed by atoms with Crippen LogP contribution in [0, 0.1) is 5.82 Å². The van der Waals surface area contributed by atoms with Crippen LogP contribution >= 0.6 is 11.6 Å². The molecule has 0 fully saturated rings. The van der Waals surface area contributed by atoms with Gasteiger partial charge < -0.3 is 5.11 Å². The van der Waals surface area contributed by atoms with Gasteiger partial charge in [-0.2, -0.15) is 0 Å². The van der Waals surface area contributed by atoms with Gasteiger partial charge in [0.25, 0.3) is 6.20 Å². The molecule has 1 aromatic heterocycles. The molecule has 0 bridgehead atoms. The van der Waals surface area contributed by atoms with Gasteiger partial charge in [0.15, 0.2) is 0 Å². The first-order chi connectivity index (χ1) is 8.67. The fourth-order valence-electron chi connectivity index (χ4n) is 1.32. The van der Waals surface area contributed by atoms with Crippen molar-refractivity contribution in [1.82, 2.24) is 5.27 Å². The van der Waals surface area contributed by atoms with E-state index in [-0.39, 0.29) is 17.6 Å². The van der Waals surface area contributed by atoms with Crippen molar-refractivity contribution in [3.63, 3.8) is 0 Å². The van der Waals surface area contributed by atoms with E-state index < -0.39 is 5.90 Å². The van der Waals surface area contributed by atoms with Gasteiger partial charge in [-0.25, -0.2) is 9.38 Å². The smallest absolute Gasteiger partial charge is 0.320 e. The molecule has 0 saturated heterocycles. The number of halogens is 2. The van der Waals surface area contributed by atoms with Crippen LogP contribution in [0.15, 0.2) is 40.0 Å². The SMILES string of the molecule is [O-]/C(CCl)=N\c1c[n+](Cc2ccc(F)cc2)no1. The zero-order valence-electron chi connectivity index (χ0n) is 9.22. The van der Waals surface area contributed by atoms with E-state index in [0.29, 0.717) is 6.54 Å². The number of benzene rings is 1. The van der Waals surface area contributed by atoms with E-state index in [1.807, 2.05) is 0 Å². The van der Waals surface area contributed by atoms with Gasteiger partial charge in [0, 0.05) is 5.56 Å². The molecule has 0 unspecified atom stereocenters. The average Bonchev–Trinajstić information content (AvgIpc) is 2.79. The molecule has 0 amide bonds. The molecule has 7 heteroatoms. The normalized spacial score (nSPS) is 11.8. The zero-order chi connectivity index (χ0) is 13.0. The predicted octanol–water partition coefficient (Wildman–Crippen LogP) is 0.779. The first-order valence-electron chi connectivity index (χ1n) is 5.09. The van der Waals surface area contributed by atoms with Gasteiger partial charge in [-0.3, -0.25) is 4.52 Å². The van der Waals surface area contributed by atoms with Crippen molar-refractivity contribution in [2.24, 2.45) is 4.99 Å². The highest BCUT2D eigenvalue weighted by Crippen LogP contribution is 2.07. The second-order valence-electron chi connectivity index (χ2n) is 3.50. The summed E-state index contributed by atoms with van der Waals surface area (Å²) in [6.07, 6.45) is 1.47. The summed E-state index contributed by atoms with van der Waals surface area (Å²) in [5, 5.41) is 14.6. The summed E-state index contributed by atoms with van der Waals surface area (Å²) in [4.78, 5) is 3.57. The minimum Gasteiger partial charge on any atom is -0.861 e. The van der Waals surface area contributed by atoms with Gasteiger partial charge >= 0.3 is 5.88 Å². The molecule has 2 aromatic rings. The van der Waals surface area contributed by atoms with E-state index in [2.05, 4.69) is 10.3 Å². The van der Waals surface area contributed by atoms with Crippen molar-refractivity contribution in [2.45, 2.75) is 6.54 Å². The first kappa shape index (κ1) is 12.5. The minimum atomic E-state index is -0.498. The molecule has 0 atom stereocenters. The summed E-state index contributed by atoms with van der Waals surface area (Å²) in [6.45, 7) is 0.397. The second kappa shape index (κ2) is 5.59. The number of aliphatic imine (C=N–C) groups is 1. The van der Waals surface area contributed by atoms with Crippen LogP contribution in [0.1, 0.15) is 5.56 Å². The lowest BCUT2D eigenvalue weighted by atomic mass is 10.2. The van der Waals surface area contributed by atoms with Gasteiger partial charge in [0.05, 0.1) is 5.88 Å². The van der Waals surface area contributed by atoms with Crippen LogP contribution in [0.4, 0.5) is 10.3 Å². The summed E-state index contributed by atoms with van der Waals surface area (Å²) in [7, 11) is 0. The van der Waals surface area contributed by atoms with Crippen molar-refractivity contribution in [3.05, 3.63) is 41.8 Å². The predicted molar refractivity (Wildman–Crippen MR) is 60.0 cm³/mol. The van der Waals surface area contributed by atoms with Crippen molar-refractivity contribution < 1.29 is 18.7 Å². The molecule has 0 N–H and O–H groups in total. The van der Waals surface area contributed by atoms with Crippen molar-refractivity contribution in [1.29, 1.82) is 0 Å². The Labute approximate surface area is 107 Å². The molecule has 1 aromatic carbocycles. The molecular formula is C11H9ClFN3O2. The van der Waals surface area contributed by atoms with Crippen LogP contribution in [0.5, 0.6) is 0 Å². The Balaban J connectivity index is 2.09. The Morgan fingerprint density at radius 3 is 2.83 bits per heavy atom. The molecule has 5 nitrogen and oxygen atoms in total. The van der Waals surface area contributed by atoms with E-state index in [1.165, 1.54) is 23.0 Å². The van der Waals surface area contributed by atoms with Gasteiger partial charge in [0.1, 0.15) is 5.82 Å². The molecule has 0 aliphatic rings. The summed E-state index contributed by atoms with van der Waals surface area (Å²) in [5.41, 5.74) is 0.852. The summed E-state index contributed by atoms with van der Waals surface area (Å²) in [5.74, 6) is -0.921. The second-order valence-corrected chi connectivity index (χ2v) is 3.77. The molecule has 2 rings (SSSR count). The topological polar surface area (TPSA) is 65.3 Å². The first-order valence-corrected chi connectivity index (χ1v) is 5.62. The highest BCUT2D eigenvalue weighted by Gasteiger charge is 2.11. The van der Waals surface area contributed by atoms with Crippen LogP contribution < -0.4 is 9.79 Å². The number of nitrogens with zero attached hydrogens (tertiary/aromatic N) is 3. The monoisotopic (exact) mass is 269 g/mol. The Kier molecular flexibility index (Phi) is 3.88. The fourth-order valence-corrected chi connectivity index (χ4v) is 1.38. The van der Waals surface area contributed by atoms with Crippen LogP contribution in [0.2, 0.25) is 0 Å². The van der Waals surface area contributed by atoms with Crippen molar-refractivity contribution in [3.8, 4) is 0 Å². The van der Waals surface area contributed by atoms with Crippen molar-refractivity contribution in [2.75, 3.05) is 5.88 Å². The largest absolute Gasteiger partial charge is 0.861 e. The Hall–Kier alpha value is -1.95. The van der Waals surface area contributed by atoms with E-state index in [1.54, 1.807) is 12.1 Å². The fraction of sp³-hybridized carbons (Fsp3) is 0.182. The lowest BCUT2D eigenvalue weighted by Gasteiger charge is -2.00. The summed E-state index contributed by atoms with van der Waals surface area (Å²) < 4.78 is 19.0. The summed E-state index contributed by atoms with van der Waals surface area (Å²) >= 11 is 5.31. The lowest BCUT2D eigenvalue weighted by Crippen LogP contribution is -2.35. The number of hydrogen-bond donors (Lipinski definition) is 0. The third-order valence-electron chi connectivity index (χ3n) is 2.11. The Morgan fingerprint density at radius 1 is 1.44 bits per heavy atom. The average molecular weight is 270 g/mol. The number of aromatic nitrogens is 2. The van der Waals surface area contributed by atoms with Crippen molar-refractivity contribution >= 4 is 23.4 Å². The Morgan fingerprint density at radius 2 is 2.17 bits per heavy atom. The van der Waals surface area contributed by atoms with Gasteiger partial charge in [-0.1, -0.05) is 0 Å². The molecule has 0 radical (unpaired) electrons. The maximum atomic E-state index is 12.7. The Bertz CT molecular complexity index is 554. The maximum Gasteiger partial charge on any atom is 0.320 e. The third kappa shape index (κ3) is 3.27. The molecule has 0 aliphatic carbocycles. The van der Waals surface area contributed by atoms with Gasteiger partial charge in [-0.15, -0.1) is 11.6 Å². The lowest BCUT2D eigenvalue weighted by molar-refractivity contribution is -0.754. The maximum absolute atomic E-state index is 12.7. The standard InChI is InChI=1S/C11H9ClFN3O2/c12-5-10(17)14-11-7-16(15-18-11)6-8-1-3-9(13)4-2-8/h1-4,7H,5-6H2. The molecule has 0 spiro atoms. The molecule has 94 valence electrons. The molecule has 18 heavy (non-hydrogen) atoms. The molecule has 0 aliphatic heterocycles. The quantitative estimate of drug-likeness (QED) is 0.357. The van der Waals surface area contributed by atoms with E-state index in [9.17, 15) is 9.50 Å². The van der Waals surface area contributed by atoms with Gasteiger partial charge in [-0.05, 0) is 34.8 Å².